The van der Waals surface area contributed by atoms with Gasteiger partial charge in [0, 0.05) is 44.2 Å². The lowest BCUT2D eigenvalue weighted by atomic mass is 9.94. The molecule has 3 aliphatic rings. The molecule has 0 radical (unpaired) electrons. The van der Waals surface area contributed by atoms with Gasteiger partial charge in [0.2, 0.25) is 5.91 Å². The highest BCUT2D eigenvalue weighted by molar-refractivity contribution is 6.00. The zero-order valence-corrected chi connectivity index (χ0v) is 14.7. The molecule has 1 saturated heterocycles. The molecular weight excluding hydrogens is 314 g/mol. The van der Waals surface area contributed by atoms with Crippen molar-refractivity contribution in [1.82, 2.24) is 15.1 Å². The van der Waals surface area contributed by atoms with Gasteiger partial charge in [-0.25, -0.2) is 0 Å². The van der Waals surface area contributed by atoms with Crippen molar-refractivity contribution in [2.24, 2.45) is 0 Å². The Labute approximate surface area is 149 Å². The van der Waals surface area contributed by atoms with Crippen LogP contribution in [0.25, 0.3) is 0 Å². The number of rotatable bonds is 2. The second-order valence-electron chi connectivity index (χ2n) is 7.54. The molecule has 25 heavy (non-hydrogen) atoms. The van der Waals surface area contributed by atoms with Crippen LogP contribution in [0.1, 0.15) is 48.0 Å². The molecule has 1 N–H and O–H groups in total. The lowest BCUT2D eigenvalue weighted by Crippen LogP contribution is -2.53. The van der Waals surface area contributed by atoms with Crippen LogP contribution in [0.2, 0.25) is 0 Å². The van der Waals surface area contributed by atoms with Crippen molar-refractivity contribution in [1.29, 1.82) is 0 Å². The summed E-state index contributed by atoms with van der Waals surface area (Å²) < 4.78 is 0. The number of fused-ring (bicyclic) bond motifs is 1. The van der Waals surface area contributed by atoms with E-state index in [0.29, 0.717) is 12.0 Å². The number of nitrogens with one attached hydrogen (secondary N) is 1. The maximum Gasteiger partial charge on any atom is 0.252 e. The first kappa shape index (κ1) is 16.6. The zero-order valence-electron chi connectivity index (χ0n) is 14.7. The molecule has 1 aliphatic carbocycles. The van der Waals surface area contributed by atoms with Crippen molar-refractivity contribution in [3.63, 3.8) is 0 Å². The van der Waals surface area contributed by atoms with E-state index in [1.54, 1.807) is 0 Å². The van der Waals surface area contributed by atoms with E-state index in [0.717, 1.165) is 44.2 Å². The van der Waals surface area contributed by atoms with Gasteiger partial charge in [0.1, 0.15) is 6.04 Å². The van der Waals surface area contributed by atoms with Gasteiger partial charge >= 0.3 is 0 Å². The molecule has 5 heteroatoms. The molecule has 0 bridgehead atoms. The molecule has 0 aromatic heterocycles. The summed E-state index contributed by atoms with van der Waals surface area (Å²) in [5.74, 6) is -0.0428. The first-order valence-electron chi connectivity index (χ1n) is 9.64. The highest BCUT2D eigenvalue weighted by Crippen LogP contribution is 2.25. The maximum atomic E-state index is 13.0. The molecule has 0 spiro atoms. The fourth-order valence-corrected chi connectivity index (χ4v) is 4.59. The Kier molecular flexibility index (Phi) is 4.75. The molecular formula is C20H27N3O2. The summed E-state index contributed by atoms with van der Waals surface area (Å²) in [6.45, 7) is 3.64. The van der Waals surface area contributed by atoms with Gasteiger partial charge in [-0.2, -0.15) is 0 Å². The van der Waals surface area contributed by atoms with E-state index >= 15 is 0 Å². The van der Waals surface area contributed by atoms with Crippen LogP contribution >= 0.6 is 0 Å². The molecule has 1 aromatic carbocycles. The average molecular weight is 341 g/mol. The summed E-state index contributed by atoms with van der Waals surface area (Å²) >= 11 is 0. The van der Waals surface area contributed by atoms with E-state index in [4.69, 9.17) is 0 Å². The number of carbonyl (C=O) groups excluding carboxylic acids is 2. The minimum Gasteiger partial charge on any atom is -0.340 e. The Bertz CT molecular complexity index is 654. The third kappa shape index (κ3) is 3.43. The highest BCUT2D eigenvalue weighted by atomic mass is 16.2. The molecule has 2 fully saturated rings. The van der Waals surface area contributed by atoms with Gasteiger partial charge in [0.15, 0.2) is 0 Å². The van der Waals surface area contributed by atoms with Crippen LogP contribution in [-0.4, -0.2) is 59.9 Å². The van der Waals surface area contributed by atoms with Crippen LogP contribution in [0, 0.1) is 0 Å². The lowest BCUT2D eigenvalue weighted by molar-refractivity contribution is -0.133. The molecule has 2 heterocycles. The average Bonchev–Trinajstić information content (AvgIpc) is 3.06. The fourth-order valence-electron chi connectivity index (χ4n) is 4.59. The predicted molar refractivity (Wildman–Crippen MR) is 96.4 cm³/mol. The van der Waals surface area contributed by atoms with Gasteiger partial charge < -0.3 is 10.2 Å². The van der Waals surface area contributed by atoms with Crippen molar-refractivity contribution in [3.8, 4) is 0 Å². The van der Waals surface area contributed by atoms with E-state index in [1.807, 2.05) is 29.2 Å². The lowest BCUT2D eigenvalue weighted by Gasteiger charge is -2.30. The van der Waals surface area contributed by atoms with Crippen molar-refractivity contribution in [2.75, 3.05) is 26.2 Å². The Morgan fingerprint density at radius 2 is 1.80 bits per heavy atom. The van der Waals surface area contributed by atoms with Gasteiger partial charge in [-0.1, -0.05) is 31.0 Å². The molecule has 1 aromatic rings. The van der Waals surface area contributed by atoms with Crippen LogP contribution < -0.4 is 5.32 Å². The van der Waals surface area contributed by atoms with Crippen molar-refractivity contribution in [2.45, 2.75) is 50.6 Å². The minimum atomic E-state index is -0.416. The molecule has 0 unspecified atom stereocenters. The summed E-state index contributed by atoms with van der Waals surface area (Å²) in [7, 11) is 0. The SMILES string of the molecule is O=C1N[C@H](C(=O)N2CCCN(C3CCCC3)CC2)Cc2ccccc21. The molecule has 2 amide bonds. The molecule has 2 aliphatic heterocycles. The Morgan fingerprint density at radius 3 is 2.64 bits per heavy atom. The molecule has 1 saturated carbocycles. The molecule has 5 nitrogen and oxygen atoms in total. The number of amides is 2. The predicted octanol–water partition coefficient (Wildman–Crippen LogP) is 1.82. The second-order valence-corrected chi connectivity index (χ2v) is 7.54. The number of benzene rings is 1. The summed E-state index contributed by atoms with van der Waals surface area (Å²) in [5.41, 5.74) is 1.68. The quantitative estimate of drug-likeness (QED) is 0.893. The second kappa shape index (κ2) is 7.16. The number of hydrogen-bond donors (Lipinski definition) is 1. The maximum absolute atomic E-state index is 13.0. The monoisotopic (exact) mass is 341 g/mol. The van der Waals surface area contributed by atoms with Crippen molar-refractivity contribution in [3.05, 3.63) is 35.4 Å². The Morgan fingerprint density at radius 1 is 1.00 bits per heavy atom. The van der Waals surface area contributed by atoms with E-state index in [1.165, 1.54) is 25.7 Å². The largest absolute Gasteiger partial charge is 0.340 e. The molecule has 4 rings (SSSR count). The van der Waals surface area contributed by atoms with Crippen LogP contribution in [0.15, 0.2) is 24.3 Å². The van der Waals surface area contributed by atoms with Gasteiger partial charge in [0.05, 0.1) is 0 Å². The number of carbonyl (C=O) groups is 2. The van der Waals surface area contributed by atoms with Gasteiger partial charge in [0.25, 0.3) is 5.91 Å². The van der Waals surface area contributed by atoms with E-state index in [9.17, 15) is 9.59 Å². The first-order valence-corrected chi connectivity index (χ1v) is 9.64. The first-order chi connectivity index (χ1) is 12.2. The zero-order chi connectivity index (χ0) is 17.2. The summed E-state index contributed by atoms with van der Waals surface area (Å²) in [6.07, 6.45) is 6.94. The van der Waals surface area contributed by atoms with Crippen LogP contribution in [0.5, 0.6) is 0 Å². The number of nitrogens with zero attached hydrogens (tertiary/aromatic N) is 2. The van der Waals surface area contributed by atoms with Crippen LogP contribution in [0.3, 0.4) is 0 Å². The highest BCUT2D eigenvalue weighted by Gasteiger charge is 2.33. The van der Waals surface area contributed by atoms with Crippen LogP contribution in [0.4, 0.5) is 0 Å². The summed E-state index contributed by atoms with van der Waals surface area (Å²) in [5, 5.41) is 2.91. The van der Waals surface area contributed by atoms with Gasteiger partial charge in [-0.15, -0.1) is 0 Å². The molecule has 1 atom stereocenters. The standard InChI is InChI=1S/C20H27N3O2/c24-19-17-9-4-1-6-15(17)14-18(21-19)20(25)23-11-5-10-22(12-13-23)16-7-2-3-8-16/h1,4,6,9,16,18H,2-3,5,7-8,10-14H2,(H,21,24)/t18-/m0/s1. The van der Waals surface area contributed by atoms with Crippen molar-refractivity contribution < 1.29 is 9.59 Å². The molecule has 134 valence electrons. The van der Waals surface area contributed by atoms with Gasteiger partial charge in [-0.3, -0.25) is 14.5 Å². The Balaban J connectivity index is 1.40. The Hall–Kier alpha value is -1.88. The third-order valence-electron chi connectivity index (χ3n) is 5.97. The minimum absolute atomic E-state index is 0.0797. The van der Waals surface area contributed by atoms with Crippen LogP contribution in [-0.2, 0) is 11.2 Å². The van der Waals surface area contributed by atoms with Crippen molar-refractivity contribution >= 4 is 11.8 Å². The summed E-state index contributed by atoms with van der Waals surface area (Å²) in [4.78, 5) is 29.8. The summed E-state index contributed by atoms with van der Waals surface area (Å²) in [6, 6.07) is 7.89. The third-order valence-corrected chi connectivity index (χ3v) is 5.97. The smallest absolute Gasteiger partial charge is 0.252 e. The van der Waals surface area contributed by atoms with E-state index in [-0.39, 0.29) is 11.8 Å². The van der Waals surface area contributed by atoms with Gasteiger partial charge in [-0.05, 0) is 30.9 Å². The van der Waals surface area contributed by atoms with E-state index in [2.05, 4.69) is 10.2 Å². The normalized spacial score (nSPS) is 25.4. The fraction of sp³-hybridized carbons (Fsp3) is 0.600. The van der Waals surface area contributed by atoms with E-state index < -0.39 is 6.04 Å². The topological polar surface area (TPSA) is 52.7 Å². The number of hydrogen-bond acceptors (Lipinski definition) is 3.